The summed E-state index contributed by atoms with van der Waals surface area (Å²) in [4.78, 5) is 29.4. The van der Waals surface area contributed by atoms with E-state index < -0.39 is 5.41 Å². The average molecular weight is 417 g/mol. The van der Waals surface area contributed by atoms with Crippen LogP contribution < -0.4 is 4.74 Å². The zero-order chi connectivity index (χ0) is 21.1. The molecule has 30 heavy (non-hydrogen) atoms. The van der Waals surface area contributed by atoms with Crippen LogP contribution in [0, 0.1) is 19.3 Å². The molecule has 0 aromatic heterocycles. The van der Waals surface area contributed by atoms with Gasteiger partial charge in [0.25, 0.3) is 5.91 Å². The van der Waals surface area contributed by atoms with Gasteiger partial charge in [0.1, 0.15) is 11.9 Å². The number of likely N-dealkylation sites (tertiary alicyclic amines) is 1. The van der Waals surface area contributed by atoms with Crippen LogP contribution in [0.25, 0.3) is 0 Å². The van der Waals surface area contributed by atoms with Crippen LogP contribution in [0.3, 0.4) is 0 Å². The van der Waals surface area contributed by atoms with E-state index in [2.05, 4.69) is 4.90 Å². The fourth-order valence-corrected chi connectivity index (χ4v) is 4.64. The molecule has 4 rings (SSSR count). The zero-order valence-electron chi connectivity index (χ0n) is 18.0. The lowest BCUT2D eigenvalue weighted by atomic mass is 9.76. The Kier molecular flexibility index (Phi) is 6.29. The minimum atomic E-state index is -0.428. The van der Waals surface area contributed by atoms with Crippen LogP contribution in [-0.4, -0.2) is 80.3 Å². The maximum atomic E-state index is 12.7. The number of benzene rings is 1. The van der Waals surface area contributed by atoms with Crippen molar-refractivity contribution in [2.45, 2.75) is 39.2 Å². The number of amides is 1. The second-order valence-corrected chi connectivity index (χ2v) is 8.84. The van der Waals surface area contributed by atoms with E-state index in [1.165, 1.54) is 5.56 Å². The molecule has 1 unspecified atom stereocenters. The molecule has 1 amide bonds. The Morgan fingerprint density at radius 3 is 2.57 bits per heavy atom. The maximum Gasteiger partial charge on any atom is 0.312 e. The molecular formula is C23H32N2O5. The number of esters is 1. The van der Waals surface area contributed by atoms with Gasteiger partial charge in [-0.3, -0.25) is 14.5 Å². The van der Waals surface area contributed by atoms with Gasteiger partial charge in [-0.1, -0.05) is 6.07 Å². The fourth-order valence-electron chi connectivity index (χ4n) is 4.64. The van der Waals surface area contributed by atoms with E-state index in [1.54, 1.807) is 0 Å². The van der Waals surface area contributed by atoms with Crippen LogP contribution in [-0.2, 0) is 19.1 Å². The highest BCUT2D eigenvalue weighted by atomic mass is 16.6. The molecule has 1 atom stereocenters. The molecule has 1 aromatic rings. The van der Waals surface area contributed by atoms with Crippen molar-refractivity contribution in [2.24, 2.45) is 5.41 Å². The van der Waals surface area contributed by atoms with Crippen molar-refractivity contribution in [2.75, 3.05) is 52.5 Å². The highest BCUT2D eigenvalue weighted by molar-refractivity contribution is 5.81. The van der Waals surface area contributed by atoms with E-state index in [-0.39, 0.29) is 24.6 Å². The van der Waals surface area contributed by atoms with Gasteiger partial charge >= 0.3 is 5.97 Å². The molecule has 3 aliphatic rings. The van der Waals surface area contributed by atoms with Crippen LogP contribution in [0.2, 0.25) is 0 Å². The van der Waals surface area contributed by atoms with Gasteiger partial charge in [0.2, 0.25) is 0 Å². The van der Waals surface area contributed by atoms with Gasteiger partial charge in [-0.25, -0.2) is 0 Å². The third kappa shape index (κ3) is 4.62. The molecule has 0 saturated carbocycles. The summed E-state index contributed by atoms with van der Waals surface area (Å²) in [6.07, 6.45) is 2.04. The molecule has 3 saturated heterocycles. The van der Waals surface area contributed by atoms with Crippen molar-refractivity contribution in [3.05, 3.63) is 29.3 Å². The summed E-state index contributed by atoms with van der Waals surface area (Å²) in [5.41, 5.74) is 1.92. The summed E-state index contributed by atoms with van der Waals surface area (Å²) in [7, 11) is 0. The van der Waals surface area contributed by atoms with Gasteiger partial charge < -0.3 is 19.1 Å². The first kappa shape index (κ1) is 21.1. The second-order valence-electron chi connectivity index (χ2n) is 8.84. The number of carbonyl (C=O) groups excluding carboxylic acids is 2. The highest BCUT2D eigenvalue weighted by Gasteiger charge is 2.51. The van der Waals surface area contributed by atoms with E-state index in [4.69, 9.17) is 14.2 Å². The Morgan fingerprint density at radius 2 is 1.87 bits per heavy atom. The molecule has 0 N–H and O–H groups in total. The summed E-state index contributed by atoms with van der Waals surface area (Å²) in [5, 5.41) is 0. The van der Waals surface area contributed by atoms with Gasteiger partial charge in [-0.05, 0) is 49.9 Å². The first-order chi connectivity index (χ1) is 14.4. The predicted molar refractivity (Wildman–Crippen MR) is 111 cm³/mol. The van der Waals surface area contributed by atoms with Crippen LogP contribution >= 0.6 is 0 Å². The molecular weight excluding hydrogens is 384 g/mol. The van der Waals surface area contributed by atoms with Crippen molar-refractivity contribution in [3.63, 3.8) is 0 Å². The largest absolute Gasteiger partial charge is 0.484 e. The van der Waals surface area contributed by atoms with Crippen molar-refractivity contribution >= 4 is 11.9 Å². The Hall–Kier alpha value is -2.12. The molecule has 3 fully saturated rings. The summed E-state index contributed by atoms with van der Waals surface area (Å²) in [5.74, 6) is 0.601. The zero-order valence-corrected chi connectivity index (χ0v) is 18.0. The summed E-state index contributed by atoms with van der Waals surface area (Å²) in [6, 6.07) is 5.85. The Bertz CT molecular complexity index is 782. The maximum absolute atomic E-state index is 12.7. The lowest BCUT2D eigenvalue weighted by Crippen LogP contribution is -2.46. The Balaban J connectivity index is 1.25. The fraction of sp³-hybridized carbons (Fsp3) is 0.652. The third-order valence-electron chi connectivity index (χ3n) is 6.80. The van der Waals surface area contributed by atoms with Crippen molar-refractivity contribution < 1.29 is 23.8 Å². The summed E-state index contributed by atoms with van der Waals surface area (Å²) >= 11 is 0. The van der Waals surface area contributed by atoms with E-state index >= 15 is 0 Å². The van der Waals surface area contributed by atoms with Gasteiger partial charge in [-0.2, -0.15) is 0 Å². The Labute approximate surface area is 178 Å². The molecule has 3 aliphatic heterocycles. The van der Waals surface area contributed by atoms with Crippen LogP contribution in [0.4, 0.5) is 0 Å². The van der Waals surface area contributed by atoms with E-state index in [0.29, 0.717) is 31.7 Å². The lowest BCUT2D eigenvalue weighted by Gasteiger charge is -2.36. The molecule has 164 valence electrons. The van der Waals surface area contributed by atoms with E-state index in [9.17, 15) is 9.59 Å². The normalized spacial score (nSPS) is 24.1. The molecule has 7 nitrogen and oxygen atoms in total. The molecule has 3 heterocycles. The summed E-state index contributed by atoms with van der Waals surface area (Å²) in [6.45, 7) is 9.31. The van der Waals surface area contributed by atoms with E-state index in [1.807, 2.05) is 36.9 Å². The smallest absolute Gasteiger partial charge is 0.312 e. The molecule has 0 radical (unpaired) electrons. The number of carbonyl (C=O) groups is 2. The second kappa shape index (κ2) is 8.94. The molecule has 1 spiro atoms. The first-order valence-corrected chi connectivity index (χ1v) is 10.9. The number of hydrogen-bond acceptors (Lipinski definition) is 6. The monoisotopic (exact) mass is 416 g/mol. The van der Waals surface area contributed by atoms with Crippen molar-refractivity contribution in [3.8, 4) is 5.75 Å². The highest BCUT2D eigenvalue weighted by Crippen LogP contribution is 2.43. The van der Waals surface area contributed by atoms with Gasteiger partial charge in [0, 0.05) is 39.1 Å². The van der Waals surface area contributed by atoms with Crippen LogP contribution in [0.5, 0.6) is 5.75 Å². The number of aryl methyl sites for hydroxylation is 2. The molecule has 1 aromatic carbocycles. The Morgan fingerprint density at radius 1 is 1.13 bits per heavy atom. The van der Waals surface area contributed by atoms with Crippen LogP contribution in [0.1, 0.15) is 30.4 Å². The topological polar surface area (TPSA) is 68.3 Å². The number of piperidine rings is 1. The average Bonchev–Trinajstić information content (AvgIpc) is 3.04. The van der Waals surface area contributed by atoms with Crippen LogP contribution in [0.15, 0.2) is 18.2 Å². The number of cyclic esters (lactones) is 1. The minimum absolute atomic E-state index is 0.0274. The first-order valence-electron chi connectivity index (χ1n) is 10.9. The third-order valence-corrected chi connectivity index (χ3v) is 6.80. The number of nitrogens with zero attached hydrogens (tertiary/aromatic N) is 2. The number of morpholine rings is 1. The molecule has 0 bridgehead atoms. The van der Waals surface area contributed by atoms with Gasteiger partial charge in [0.15, 0.2) is 6.61 Å². The standard InChI is InChI=1S/C23H32N2O5/c1-17-3-4-19(13-18(17)2)29-16-21(26)25-7-5-23(6-8-25)14-20(30-22(23)27)15-24-9-11-28-12-10-24/h3-4,13,20H,5-12,14-16H2,1-2H3. The van der Waals surface area contributed by atoms with Gasteiger partial charge in [-0.15, -0.1) is 0 Å². The molecule has 7 heteroatoms. The lowest BCUT2D eigenvalue weighted by molar-refractivity contribution is -0.153. The van der Waals surface area contributed by atoms with Gasteiger partial charge in [0.05, 0.1) is 18.6 Å². The van der Waals surface area contributed by atoms with Crippen molar-refractivity contribution in [1.82, 2.24) is 9.80 Å². The minimum Gasteiger partial charge on any atom is -0.484 e. The number of rotatable bonds is 5. The van der Waals surface area contributed by atoms with Crippen molar-refractivity contribution in [1.29, 1.82) is 0 Å². The summed E-state index contributed by atoms with van der Waals surface area (Å²) < 4.78 is 16.8. The predicted octanol–water partition coefficient (Wildman–Crippen LogP) is 1.94. The SMILES string of the molecule is Cc1ccc(OCC(=O)N2CCC3(CC2)CC(CN2CCOCC2)OC3=O)cc1C. The number of ether oxygens (including phenoxy) is 3. The molecule has 0 aliphatic carbocycles. The number of hydrogen-bond donors (Lipinski definition) is 0. The quantitative estimate of drug-likeness (QED) is 0.684. The van der Waals surface area contributed by atoms with E-state index in [0.717, 1.165) is 44.8 Å².